The lowest BCUT2D eigenvalue weighted by Crippen LogP contribution is -2.53. The number of fused-ring (bicyclic) bond motifs is 4. The minimum Gasteiger partial charge on any atom is -0.445 e. The number of hydrogen-bond donors (Lipinski definition) is 1. The number of piperidine rings is 3. The maximum atomic E-state index is 15.4. The van der Waals surface area contributed by atoms with Crippen molar-refractivity contribution in [2.45, 2.75) is 65.0 Å². The first-order valence-corrected chi connectivity index (χ1v) is 12.3. The molecule has 2 aromatic carbocycles. The number of carbonyl (C=O) groups is 1. The van der Waals surface area contributed by atoms with Crippen LogP contribution in [0.3, 0.4) is 0 Å². The summed E-state index contributed by atoms with van der Waals surface area (Å²) in [5.74, 6) is 0.605. The Morgan fingerprint density at radius 2 is 1.94 bits per heavy atom. The number of hydrogen-bond acceptors (Lipinski definition) is 3. The molecule has 3 fully saturated rings. The van der Waals surface area contributed by atoms with Crippen LogP contribution in [-0.4, -0.2) is 36.7 Å². The lowest BCUT2D eigenvalue weighted by molar-refractivity contribution is -0.0349. The molecule has 33 heavy (non-hydrogen) atoms. The van der Waals surface area contributed by atoms with Crippen LogP contribution in [-0.2, 0) is 11.2 Å². The highest BCUT2D eigenvalue weighted by atomic mass is 19.1. The molecule has 6 rings (SSSR count). The molecule has 0 aromatic heterocycles. The van der Waals surface area contributed by atoms with Gasteiger partial charge in [0.15, 0.2) is 0 Å². The van der Waals surface area contributed by atoms with E-state index in [9.17, 15) is 4.79 Å². The van der Waals surface area contributed by atoms with E-state index in [0.29, 0.717) is 17.4 Å². The second kappa shape index (κ2) is 8.43. The number of benzene rings is 2. The maximum absolute atomic E-state index is 15.4. The van der Waals surface area contributed by atoms with E-state index in [2.05, 4.69) is 50.0 Å². The maximum Gasteiger partial charge on any atom is 0.407 e. The number of halogens is 1. The van der Waals surface area contributed by atoms with Crippen LogP contribution in [0.4, 0.5) is 9.18 Å². The summed E-state index contributed by atoms with van der Waals surface area (Å²) in [5.41, 5.74) is 4.47. The van der Waals surface area contributed by atoms with E-state index in [1.165, 1.54) is 5.56 Å². The van der Waals surface area contributed by atoms with E-state index < -0.39 is 0 Å². The van der Waals surface area contributed by atoms with E-state index in [1.54, 1.807) is 6.07 Å². The molecular formula is C28H35FN2O2. The first-order valence-electron chi connectivity index (χ1n) is 12.3. The van der Waals surface area contributed by atoms with E-state index in [4.69, 9.17) is 4.74 Å². The predicted molar refractivity (Wildman–Crippen MR) is 129 cm³/mol. The van der Waals surface area contributed by atoms with E-state index in [-0.39, 0.29) is 29.5 Å². The first-order chi connectivity index (χ1) is 15.7. The summed E-state index contributed by atoms with van der Waals surface area (Å²) < 4.78 is 21.2. The third-order valence-electron chi connectivity index (χ3n) is 7.95. The van der Waals surface area contributed by atoms with Gasteiger partial charge in [-0.15, -0.1) is 0 Å². The lowest BCUT2D eigenvalue weighted by Gasteiger charge is -2.44. The predicted octanol–water partition coefficient (Wildman–Crippen LogP) is 6.06. The van der Waals surface area contributed by atoms with Crippen molar-refractivity contribution in [1.82, 2.24) is 10.2 Å². The molecule has 176 valence electrons. The Morgan fingerprint density at radius 3 is 2.61 bits per heavy atom. The third-order valence-corrected chi connectivity index (χ3v) is 7.95. The van der Waals surface area contributed by atoms with Gasteiger partial charge in [0.1, 0.15) is 11.9 Å². The topological polar surface area (TPSA) is 41.6 Å². The first kappa shape index (κ1) is 22.4. The Hall–Kier alpha value is -2.40. The number of alkyl carbamates (subject to hydrolysis) is 1. The zero-order valence-corrected chi connectivity index (χ0v) is 20.2. The molecule has 0 saturated carbocycles. The smallest absolute Gasteiger partial charge is 0.407 e. The van der Waals surface area contributed by atoms with Crippen LogP contribution < -0.4 is 5.32 Å². The van der Waals surface area contributed by atoms with Crippen molar-refractivity contribution in [3.05, 3.63) is 58.9 Å². The molecular weight excluding hydrogens is 415 g/mol. The van der Waals surface area contributed by atoms with Crippen LogP contribution in [0, 0.1) is 17.2 Å². The molecule has 0 radical (unpaired) electrons. The van der Waals surface area contributed by atoms with Crippen LogP contribution >= 0.6 is 0 Å². The summed E-state index contributed by atoms with van der Waals surface area (Å²) in [6, 6.07) is 11.5. The van der Waals surface area contributed by atoms with Crippen molar-refractivity contribution in [2.75, 3.05) is 19.6 Å². The second-order valence-corrected chi connectivity index (χ2v) is 11.1. The summed E-state index contributed by atoms with van der Waals surface area (Å²) in [5, 5.41) is 3.10. The van der Waals surface area contributed by atoms with Crippen LogP contribution in [0.5, 0.6) is 0 Å². The Balaban J connectivity index is 1.37. The molecule has 0 spiro atoms. The van der Waals surface area contributed by atoms with Crippen molar-refractivity contribution < 1.29 is 13.9 Å². The Morgan fingerprint density at radius 1 is 1.18 bits per heavy atom. The molecule has 3 saturated heterocycles. The van der Waals surface area contributed by atoms with Crippen LogP contribution in [0.25, 0.3) is 11.1 Å². The summed E-state index contributed by atoms with van der Waals surface area (Å²) in [6.07, 6.45) is 2.56. The zero-order chi connectivity index (χ0) is 23.3. The molecule has 5 heteroatoms. The molecule has 1 amide bonds. The number of rotatable bonds is 4. The SMILES string of the molecule is CC(C)c1cccc(-c2cc3c(cc2F)[C@H](NC(=O)O[C@H]2CN4CCC2CC4)C(C)(C)C3)c1. The van der Waals surface area contributed by atoms with Gasteiger partial charge in [0.2, 0.25) is 0 Å². The third kappa shape index (κ3) is 4.28. The normalized spacial score (nSPS) is 27.5. The Bertz CT molecular complexity index is 1060. The fraction of sp³-hybridized carbons (Fsp3) is 0.536. The Labute approximate surface area is 196 Å². The van der Waals surface area contributed by atoms with Crippen molar-refractivity contribution in [3.63, 3.8) is 0 Å². The van der Waals surface area contributed by atoms with Crippen LogP contribution in [0.15, 0.2) is 36.4 Å². The molecule has 4 nitrogen and oxygen atoms in total. The molecule has 3 aliphatic heterocycles. The van der Waals surface area contributed by atoms with Gasteiger partial charge in [-0.05, 0) is 84.0 Å². The van der Waals surface area contributed by atoms with Gasteiger partial charge in [-0.3, -0.25) is 4.90 Å². The fourth-order valence-corrected chi connectivity index (χ4v) is 5.96. The fourth-order valence-electron chi connectivity index (χ4n) is 5.96. The average molecular weight is 451 g/mol. The van der Waals surface area contributed by atoms with Gasteiger partial charge >= 0.3 is 6.09 Å². The monoisotopic (exact) mass is 450 g/mol. The standard InChI is InChI=1S/C28H35FN2O2/c1-17(2)19-6-5-7-20(12-19)22-13-21-15-28(3,4)26(23(21)14-24(22)29)30-27(32)33-25-16-31-10-8-18(25)9-11-31/h5-7,12-14,17-18,25-26H,8-11,15-16H2,1-4H3,(H,30,32)/t25-,26-/m0/s1. The minimum absolute atomic E-state index is 0.0381. The van der Waals surface area contributed by atoms with Gasteiger partial charge in [0, 0.05) is 12.1 Å². The quantitative estimate of drug-likeness (QED) is 0.616. The van der Waals surface area contributed by atoms with Crippen LogP contribution in [0.1, 0.15) is 69.2 Å². The molecule has 3 heterocycles. The highest BCUT2D eigenvalue weighted by molar-refractivity contribution is 5.71. The number of amides is 1. The molecule has 2 atom stereocenters. The van der Waals surface area contributed by atoms with Gasteiger partial charge in [0.25, 0.3) is 0 Å². The largest absolute Gasteiger partial charge is 0.445 e. The minimum atomic E-state index is -0.381. The summed E-state index contributed by atoms with van der Waals surface area (Å²) in [7, 11) is 0. The highest BCUT2D eigenvalue weighted by Crippen LogP contribution is 2.47. The molecule has 0 unspecified atom stereocenters. The highest BCUT2D eigenvalue weighted by Gasteiger charge is 2.42. The van der Waals surface area contributed by atoms with Crippen molar-refractivity contribution in [1.29, 1.82) is 0 Å². The lowest BCUT2D eigenvalue weighted by atomic mass is 9.85. The second-order valence-electron chi connectivity index (χ2n) is 11.1. The zero-order valence-electron chi connectivity index (χ0n) is 20.2. The average Bonchev–Trinajstić information content (AvgIpc) is 3.03. The van der Waals surface area contributed by atoms with E-state index in [1.807, 2.05) is 18.2 Å². The number of nitrogens with zero attached hydrogens (tertiary/aromatic N) is 1. The number of carbonyl (C=O) groups excluding carboxylic acids is 1. The van der Waals surface area contributed by atoms with Crippen LogP contribution in [0.2, 0.25) is 0 Å². The summed E-state index contributed by atoms with van der Waals surface area (Å²) in [6.45, 7) is 11.6. The van der Waals surface area contributed by atoms with Crippen molar-refractivity contribution in [2.24, 2.45) is 11.3 Å². The Kier molecular flexibility index (Phi) is 5.72. The van der Waals surface area contributed by atoms with Gasteiger partial charge in [-0.2, -0.15) is 0 Å². The van der Waals surface area contributed by atoms with Gasteiger partial charge in [0.05, 0.1) is 6.04 Å². The molecule has 2 aromatic rings. The molecule has 2 bridgehead atoms. The molecule has 4 aliphatic rings. The molecule has 1 aliphatic carbocycles. The van der Waals surface area contributed by atoms with Gasteiger partial charge in [-0.25, -0.2) is 9.18 Å². The van der Waals surface area contributed by atoms with Crippen molar-refractivity contribution >= 4 is 6.09 Å². The number of ether oxygens (including phenoxy) is 1. The van der Waals surface area contributed by atoms with E-state index in [0.717, 1.165) is 55.6 Å². The van der Waals surface area contributed by atoms with Gasteiger partial charge in [-0.1, -0.05) is 52.0 Å². The summed E-state index contributed by atoms with van der Waals surface area (Å²) >= 11 is 0. The molecule has 1 N–H and O–H groups in total. The van der Waals surface area contributed by atoms with Gasteiger partial charge < -0.3 is 10.1 Å². The van der Waals surface area contributed by atoms with Crippen molar-refractivity contribution in [3.8, 4) is 11.1 Å². The van der Waals surface area contributed by atoms with E-state index >= 15 is 4.39 Å². The summed E-state index contributed by atoms with van der Waals surface area (Å²) in [4.78, 5) is 15.2. The number of nitrogens with one attached hydrogen (secondary N) is 1.